The summed E-state index contributed by atoms with van der Waals surface area (Å²) in [5, 5.41) is 2.01. The smallest absolute Gasteiger partial charge is 0.0810 e. The second kappa shape index (κ2) is 2.37. The molecule has 0 radical (unpaired) electrons. The second-order valence-electron chi connectivity index (χ2n) is 2.17. The molecule has 0 N–H and O–H groups in total. The van der Waals surface area contributed by atoms with E-state index in [2.05, 4.69) is 10.9 Å². The molecule has 0 aromatic carbocycles. The topological polar surface area (TPSA) is 12.9 Å². The van der Waals surface area contributed by atoms with Gasteiger partial charge >= 0.3 is 0 Å². The van der Waals surface area contributed by atoms with Gasteiger partial charge in [0.25, 0.3) is 0 Å². The van der Waals surface area contributed by atoms with Crippen LogP contribution < -0.4 is 0 Å². The Balaban J connectivity index is 2.79. The van der Waals surface area contributed by atoms with Gasteiger partial charge in [-0.25, -0.2) is 0 Å². The van der Waals surface area contributed by atoms with E-state index >= 15 is 0 Å². The van der Waals surface area contributed by atoms with Crippen molar-refractivity contribution in [2.75, 3.05) is 0 Å². The van der Waals surface area contributed by atoms with Crippen LogP contribution in [0.3, 0.4) is 0 Å². The first kappa shape index (κ1) is 6.38. The molecule has 0 bridgehead atoms. The number of terminal acetylenes is 1. The molecular formula is C9H5NS. The first-order valence-electron chi connectivity index (χ1n) is 3.20. The van der Waals surface area contributed by atoms with E-state index in [1.165, 1.54) is 0 Å². The zero-order valence-corrected chi connectivity index (χ0v) is 6.56. The Bertz CT molecular complexity index is 422. The van der Waals surface area contributed by atoms with Crippen molar-refractivity contribution in [2.45, 2.75) is 0 Å². The number of aromatic nitrogens is 1. The monoisotopic (exact) mass is 159 g/mol. The van der Waals surface area contributed by atoms with Crippen LogP contribution in [-0.2, 0) is 0 Å². The summed E-state index contributed by atoms with van der Waals surface area (Å²) in [5.41, 5.74) is 1.87. The zero-order valence-electron chi connectivity index (χ0n) is 5.74. The lowest BCUT2D eigenvalue weighted by Crippen LogP contribution is -1.75. The van der Waals surface area contributed by atoms with Crippen molar-refractivity contribution in [3.05, 3.63) is 29.3 Å². The zero-order chi connectivity index (χ0) is 7.68. The molecule has 0 spiro atoms. The van der Waals surface area contributed by atoms with Crippen LogP contribution in [0.25, 0.3) is 10.2 Å². The van der Waals surface area contributed by atoms with Crippen molar-refractivity contribution in [1.82, 2.24) is 4.98 Å². The Kier molecular flexibility index (Phi) is 1.38. The maximum Gasteiger partial charge on any atom is 0.0810 e. The fraction of sp³-hybridized carbons (Fsp3) is 0. The standard InChI is InChI=1S/C9H5NS/c1-2-7-5-9-8(10-6-7)3-4-11-9/h1,3-6H. The molecule has 0 atom stereocenters. The molecule has 0 amide bonds. The lowest BCUT2D eigenvalue weighted by Gasteiger charge is -1.88. The first-order valence-corrected chi connectivity index (χ1v) is 4.08. The van der Waals surface area contributed by atoms with Crippen molar-refractivity contribution in [1.29, 1.82) is 0 Å². The Morgan fingerprint density at radius 2 is 2.45 bits per heavy atom. The third-order valence-electron chi connectivity index (χ3n) is 1.47. The maximum absolute atomic E-state index is 5.22. The first-order chi connectivity index (χ1) is 5.40. The second-order valence-corrected chi connectivity index (χ2v) is 3.12. The number of hydrogen-bond donors (Lipinski definition) is 0. The molecule has 0 aliphatic carbocycles. The van der Waals surface area contributed by atoms with Gasteiger partial charge in [0, 0.05) is 11.8 Å². The fourth-order valence-electron chi connectivity index (χ4n) is 0.925. The van der Waals surface area contributed by atoms with Crippen LogP contribution in [0.2, 0.25) is 0 Å². The van der Waals surface area contributed by atoms with Crippen LogP contribution in [0.15, 0.2) is 23.7 Å². The van der Waals surface area contributed by atoms with Gasteiger partial charge in [-0.1, -0.05) is 5.92 Å². The van der Waals surface area contributed by atoms with E-state index < -0.39 is 0 Å². The summed E-state index contributed by atoms with van der Waals surface area (Å²) in [6, 6.07) is 3.97. The molecular weight excluding hydrogens is 154 g/mol. The minimum absolute atomic E-state index is 0.847. The van der Waals surface area contributed by atoms with Gasteiger partial charge < -0.3 is 0 Å². The molecule has 0 fully saturated rings. The molecule has 0 aliphatic heterocycles. The molecule has 2 aromatic rings. The van der Waals surface area contributed by atoms with E-state index in [4.69, 9.17) is 6.42 Å². The van der Waals surface area contributed by atoms with E-state index in [1.807, 2.05) is 17.5 Å². The fourth-order valence-corrected chi connectivity index (χ4v) is 1.71. The molecule has 2 rings (SSSR count). The molecule has 0 aliphatic rings. The molecule has 52 valence electrons. The summed E-state index contributed by atoms with van der Waals surface area (Å²) in [6.07, 6.45) is 6.94. The number of pyridine rings is 1. The SMILES string of the molecule is C#Cc1cnc2ccsc2c1. The Morgan fingerprint density at radius 1 is 1.55 bits per heavy atom. The van der Waals surface area contributed by atoms with Gasteiger partial charge in [-0.15, -0.1) is 17.8 Å². The molecule has 2 heterocycles. The van der Waals surface area contributed by atoms with Crippen molar-refractivity contribution in [3.8, 4) is 12.3 Å². The maximum atomic E-state index is 5.22. The number of hydrogen-bond acceptors (Lipinski definition) is 2. The number of fused-ring (bicyclic) bond motifs is 1. The van der Waals surface area contributed by atoms with Crippen LogP contribution in [0.4, 0.5) is 0 Å². The Hall–Kier alpha value is -1.33. The summed E-state index contributed by atoms with van der Waals surface area (Å²) in [6.45, 7) is 0. The van der Waals surface area contributed by atoms with Crippen molar-refractivity contribution >= 4 is 21.6 Å². The number of nitrogens with zero attached hydrogens (tertiary/aromatic N) is 1. The third kappa shape index (κ3) is 0.997. The highest BCUT2D eigenvalue weighted by Gasteiger charge is 1.95. The van der Waals surface area contributed by atoms with Crippen LogP contribution in [0.1, 0.15) is 5.56 Å². The van der Waals surface area contributed by atoms with Crippen LogP contribution in [0.5, 0.6) is 0 Å². The average molecular weight is 159 g/mol. The van der Waals surface area contributed by atoms with Gasteiger partial charge in [-0.2, -0.15) is 0 Å². The van der Waals surface area contributed by atoms with Crippen molar-refractivity contribution in [3.63, 3.8) is 0 Å². The Labute approximate surface area is 68.7 Å². The summed E-state index contributed by atoms with van der Waals surface area (Å²) in [5.74, 6) is 2.55. The van der Waals surface area contributed by atoms with E-state index in [0.29, 0.717) is 0 Å². The highest BCUT2D eigenvalue weighted by atomic mass is 32.1. The molecule has 0 unspecified atom stereocenters. The minimum Gasteiger partial charge on any atom is -0.254 e. The highest BCUT2D eigenvalue weighted by molar-refractivity contribution is 7.17. The highest BCUT2D eigenvalue weighted by Crippen LogP contribution is 2.18. The molecule has 2 heteroatoms. The van der Waals surface area contributed by atoms with E-state index in [9.17, 15) is 0 Å². The summed E-state index contributed by atoms with van der Waals surface area (Å²) in [7, 11) is 0. The van der Waals surface area contributed by atoms with Crippen molar-refractivity contribution < 1.29 is 0 Å². The normalized spacial score (nSPS) is 9.73. The van der Waals surface area contributed by atoms with Crippen molar-refractivity contribution in [2.24, 2.45) is 0 Å². The minimum atomic E-state index is 0.847. The van der Waals surface area contributed by atoms with E-state index in [0.717, 1.165) is 15.8 Å². The van der Waals surface area contributed by atoms with E-state index in [1.54, 1.807) is 17.5 Å². The number of rotatable bonds is 0. The molecule has 11 heavy (non-hydrogen) atoms. The Morgan fingerprint density at radius 3 is 3.27 bits per heavy atom. The summed E-state index contributed by atoms with van der Waals surface area (Å²) >= 11 is 1.66. The predicted molar refractivity (Wildman–Crippen MR) is 47.6 cm³/mol. The predicted octanol–water partition coefficient (Wildman–Crippen LogP) is 2.28. The van der Waals surface area contributed by atoms with Gasteiger partial charge in [-0.3, -0.25) is 4.98 Å². The quantitative estimate of drug-likeness (QED) is 0.537. The van der Waals surface area contributed by atoms with Gasteiger partial charge in [0.15, 0.2) is 0 Å². The number of thiophene rings is 1. The largest absolute Gasteiger partial charge is 0.254 e. The molecule has 1 nitrogen and oxygen atoms in total. The van der Waals surface area contributed by atoms with E-state index in [-0.39, 0.29) is 0 Å². The lowest BCUT2D eigenvalue weighted by atomic mass is 10.3. The third-order valence-corrected chi connectivity index (χ3v) is 2.32. The molecule has 0 saturated carbocycles. The van der Waals surface area contributed by atoms with Gasteiger partial charge in [-0.05, 0) is 17.5 Å². The van der Waals surface area contributed by atoms with Crippen LogP contribution in [0, 0.1) is 12.3 Å². The van der Waals surface area contributed by atoms with Crippen LogP contribution in [-0.4, -0.2) is 4.98 Å². The molecule has 2 aromatic heterocycles. The van der Waals surface area contributed by atoms with Gasteiger partial charge in [0.05, 0.1) is 10.2 Å². The van der Waals surface area contributed by atoms with Gasteiger partial charge in [0.2, 0.25) is 0 Å². The lowest BCUT2D eigenvalue weighted by molar-refractivity contribution is 1.41. The molecule has 0 saturated heterocycles. The summed E-state index contributed by atoms with van der Waals surface area (Å²) < 4.78 is 1.15. The average Bonchev–Trinajstić information content (AvgIpc) is 2.50. The van der Waals surface area contributed by atoms with Crippen LogP contribution >= 0.6 is 11.3 Å². The van der Waals surface area contributed by atoms with Gasteiger partial charge in [0.1, 0.15) is 0 Å². The summed E-state index contributed by atoms with van der Waals surface area (Å²) in [4.78, 5) is 4.18.